The van der Waals surface area contributed by atoms with E-state index in [0.29, 0.717) is 5.92 Å². The van der Waals surface area contributed by atoms with Crippen LogP contribution in [0.15, 0.2) is 24.3 Å². The summed E-state index contributed by atoms with van der Waals surface area (Å²) in [6.45, 7) is 6.61. The fourth-order valence-corrected chi connectivity index (χ4v) is 1.84. The van der Waals surface area contributed by atoms with Crippen molar-refractivity contribution in [3.8, 4) is 0 Å². The summed E-state index contributed by atoms with van der Waals surface area (Å²) in [7, 11) is 0. The molecule has 0 aliphatic heterocycles. The molecule has 0 aliphatic carbocycles. The average Bonchev–Trinajstić information content (AvgIpc) is 2.55. The molecule has 0 amide bonds. The van der Waals surface area contributed by atoms with Crippen LogP contribution in [0.1, 0.15) is 37.4 Å². The van der Waals surface area contributed by atoms with Crippen LogP contribution in [0.4, 0.5) is 0 Å². The number of hydrogen-bond acceptors (Lipinski definition) is 0. The van der Waals surface area contributed by atoms with Crippen molar-refractivity contribution in [2.24, 2.45) is 0 Å². The highest BCUT2D eigenvalue weighted by Crippen LogP contribution is 2.23. The van der Waals surface area contributed by atoms with Crippen molar-refractivity contribution in [1.29, 1.82) is 0 Å². The molecule has 74 valence electrons. The summed E-state index contributed by atoms with van der Waals surface area (Å²) < 4.78 is 0. The first-order chi connectivity index (χ1) is 6.70. The van der Waals surface area contributed by atoms with E-state index in [1.54, 1.807) is 0 Å². The second kappa shape index (κ2) is 3.49. The van der Waals surface area contributed by atoms with E-state index < -0.39 is 0 Å². The average molecular weight is 187 g/mol. The third-order valence-electron chi connectivity index (χ3n) is 2.96. The number of aromatic amines is 1. The molecule has 1 atom stereocenters. The Hall–Kier alpha value is -1.24. The molecule has 0 fully saturated rings. The Morgan fingerprint density at radius 3 is 2.79 bits per heavy atom. The molecule has 0 saturated carbocycles. The lowest BCUT2D eigenvalue weighted by atomic mass is 9.98. The highest BCUT2D eigenvalue weighted by molar-refractivity contribution is 5.81. The molecule has 0 bridgehead atoms. The Kier molecular flexibility index (Phi) is 2.32. The molecule has 1 aromatic carbocycles. The van der Waals surface area contributed by atoms with Crippen molar-refractivity contribution < 1.29 is 0 Å². The van der Waals surface area contributed by atoms with Crippen LogP contribution in [0.3, 0.4) is 0 Å². The van der Waals surface area contributed by atoms with Gasteiger partial charge in [-0.05, 0) is 48.4 Å². The quantitative estimate of drug-likeness (QED) is 0.731. The van der Waals surface area contributed by atoms with Crippen LogP contribution >= 0.6 is 0 Å². The summed E-state index contributed by atoms with van der Waals surface area (Å²) in [5.74, 6) is 0.662. The van der Waals surface area contributed by atoms with E-state index in [-0.39, 0.29) is 0 Å². The molecular weight excluding hydrogens is 170 g/mol. The van der Waals surface area contributed by atoms with E-state index in [9.17, 15) is 0 Å². The molecule has 1 N–H and O–H groups in total. The highest BCUT2D eigenvalue weighted by atomic mass is 14.7. The Bertz CT molecular complexity index is 439. The van der Waals surface area contributed by atoms with Gasteiger partial charge in [0.1, 0.15) is 0 Å². The largest absolute Gasteiger partial charge is 0.359 e. The molecule has 0 aliphatic rings. The summed E-state index contributed by atoms with van der Waals surface area (Å²) in [6, 6.07) is 8.92. The number of nitrogens with one attached hydrogen (secondary N) is 1. The molecule has 1 heteroatoms. The van der Waals surface area contributed by atoms with Crippen LogP contribution in [-0.4, -0.2) is 4.98 Å². The maximum Gasteiger partial charge on any atom is 0.0456 e. The number of fused-ring (bicyclic) bond motifs is 1. The number of rotatable bonds is 2. The molecule has 1 aromatic heterocycles. The summed E-state index contributed by atoms with van der Waals surface area (Å²) in [4.78, 5) is 3.34. The Balaban J connectivity index is 2.50. The Labute approximate surface area is 85.1 Å². The van der Waals surface area contributed by atoms with Crippen LogP contribution in [0, 0.1) is 6.92 Å². The van der Waals surface area contributed by atoms with E-state index in [0.717, 1.165) is 0 Å². The minimum atomic E-state index is 0.662. The number of aromatic nitrogens is 1. The van der Waals surface area contributed by atoms with E-state index in [1.165, 1.54) is 28.6 Å². The second-order valence-electron chi connectivity index (χ2n) is 4.11. The number of H-pyrrole nitrogens is 1. The smallest absolute Gasteiger partial charge is 0.0456 e. The predicted molar refractivity (Wildman–Crippen MR) is 61.7 cm³/mol. The molecule has 1 nitrogen and oxygen atoms in total. The second-order valence-corrected chi connectivity index (χ2v) is 4.11. The fourth-order valence-electron chi connectivity index (χ4n) is 1.84. The van der Waals surface area contributed by atoms with Crippen LogP contribution in [0.25, 0.3) is 10.9 Å². The van der Waals surface area contributed by atoms with Gasteiger partial charge in [0.15, 0.2) is 0 Å². The normalized spacial score (nSPS) is 13.4. The Morgan fingerprint density at radius 2 is 2.07 bits per heavy atom. The van der Waals surface area contributed by atoms with Gasteiger partial charge in [-0.3, -0.25) is 0 Å². The lowest BCUT2D eigenvalue weighted by molar-refractivity contribution is 0.735. The van der Waals surface area contributed by atoms with Gasteiger partial charge in [-0.1, -0.05) is 19.9 Å². The maximum absolute atomic E-state index is 3.34. The third kappa shape index (κ3) is 1.54. The maximum atomic E-state index is 3.34. The van der Waals surface area contributed by atoms with Crippen molar-refractivity contribution >= 4 is 10.9 Å². The predicted octanol–water partition coefficient (Wildman–Crippen LogP) is 3.99. The fraction of sp³-hybridized carbons (Fsp3) is 0.385. The van der Waals surface area contributed by atoms with Crippen molar-refractivity contribution in [3.05, 3.63) is 35.5 Å². The lowest BCUT2D eigenvalue weighted by Gasteiger charge is -2.08. The minimum Gasteiger partial charge on any atom is -0.359 e. The number of benzene rings is 1. The van der Waals surface area contributed by atoms with Crippen LogP contribution in [-0.2, 0) is 0 Å². The Morgan fingerprint density at radius 1 is 1.29 bits per heavy atom. The number of hydrogen-bond donors (Lipinski definition) is 1. The zero-order valence-corrected chi connectivity index (χ0v) is 9.09. The molecule has 0 saturated heterocycles. The minimum absolute atomic E-state index is 0.662. The standard InChI is InChI=1S/C13H17N/c1-4-9(2)11-5-6-13-12(8-11)7-10(3)14-13/h5-9,14H,4H2,1-3H3. The molecule has 1 unspecified atom stereocenters. The molecule has 14 heavy (non-hydrogen) atoms. The van der Waals surface area contributed by atoms with E-state index >= 15 is 0 Å². The molecule has 1 heterocycles. The summed E-state index contributed by atoms with van der Waals surface area (Å²) in [5.41, 5.74) is 3.93. The van der Waals surface area contributed by atoms with Gasteiger partial charge >= 0.3 is 0 Å². The zero-order chi connectivity index (χ0) is 10.1. The molecule has 0 radical (unpaired) electrons. The highest BCUT2D eigenvalue weighted by Gasteiger charge is 2.04. The molecule has 0 spiro atoms. The van der Waals surface area contributed by atoms with Gasteiger partial charge in [0, 0.05) is 11.2 Å². The first-order valence-corrected chi connectivity index (χ1v) is 5.30. The number of aryl methyl sites for hydroxylation is 1. The lowest BCUT2D eigenvalue weighted by Crippen LogP contribution is -1.89. The first-order valence-electron chi connectivity index (χ1n) is 5.30. The van der Waals surface area contributed by atoms with E-state index in [1.807, 2.05) is 0 Å². The van der Waals surface area contributed by atoms with Crippen molar-refractivity contribution in [2.45, 2.75) is 33.1 Å². The van der Waals surface area contributed by atoms with Gasteiger partial charge in [0.2, 0.25) is 0 Å². The van der Waals surface area contributed by atoms with Gasteiger partial charge in [-0.2, -0.15) is 0 Å². The van der Waals surface area contributed by atoms with Crippen molar-refractivity contribution in [3.63, 3.8) is 0 Å². The summed E-state index contributed by atoms with van der Waals surface area (Å²) in [5, 5.41) is 1.33. The topological polar surface area (TPSA) is 15.8 Å². The zero-order valence-electron chi connectivity index (χ0n) is 9.09. The van der Waals surface area contributed by atoms with Gasteiger partial charge in [0.05, 0.1) is 0 Å². The van der Waals surface area contributed by atoms with Crippen molar-refractivity contribution in [1.82, 2.24) is 4.98 Å². The molecular formula is C13H17N. The van der Waals surface area contributed by atoms with Gasteiger partial charge in [-0.25, -0.2) is 0 Å². The van der Waals surface area contributed by atoms with Crippen LogP contribution < -0.4 is 0 Å². The molecule has 2 aromatic rings. The third-order valence-corrected chi connectivity index (χ3v) is 2.96. The molecule has 2 rings (SSSR count). The summed E-state index contributed by atoms with van der Waals surface area (Å²) in [6.07, 6.45) is 1.20. The van der Waals surface area contributed by atoms with Crippen LogP contribution in [0.2, 0.25) is 0 Å². The van der Waals surface area contributed by atoms with E-state index in [2.05, 4.69) is 50.0 Å². The van der Waals surface area contributed by atoms with Crippen molar-refractivity contribution in [2.75, 3.05) is 0 Å². The van der Waals surface area contributed by atoms with Gasteiger partial charge < -0.3 is 4.98 Å². The monoisotopic (exact) mass is 187 g/mol. The van der Waals surface area contributed by atoms with Gasteiger partial charge in [-0.15, -0.1) is 0 Å². The van der Waals surface area contributed by atoms with Crippen LogP contribution in [0.5, 0.6) is 0 Å². The summed E-state index contributed by atoms with van der Waals surface area (Å²) >= 11 is 0. The SMILES string of the molecule is CCC(C)c1ccc2[nH]c(C)cc2c1. The van der Waals surface area contributed by atoms with E-state index in [4.69, 9.17) is 0 Å². The first kappa shape index (κ1) is 9.32. The van der Waals surface area contributed by atoms with Gasteiger partial charge in [0.25, 0.3) is 0 Å².